The lowest BCUT2D eigenvalue weighted by Gasteiger charge is -2.29. The summed E-state index contributed by atoms with van der Waals surface area (Å²) >= 11 is 0. The van der Waals surface area contributed by atoms with Crippen LogP contribution >= 0.6 is 0 Å². The molecule has 116 valence electrons. The minimum atomic E-state index is -0.133. The Kier molecular flexibility index (Phi) is 4.95. The molecule has 1 N–H and O–H groups in total. The third-order valence-corrected chi connectivity index (χ3v) is 5.49. The lowest BCUT2D eigenvalue weighted by Crippen LogP contribution is -2.30. The maximum absolute atomic E-state index is 13.1. The predicted molar refractivity (Wildman–Crippen MR) is 85.6 cm³/mol. The fraction of sp³-hybridized carbons (Fsp3) is 0.684. The molecule has 1 nitrogen and oxygen atoms in total. The Bertz CT molecular complexity index is 429. The van der Waals surface area contributed by atoms with Crippen LogP contribution in [0.4, 0.5) is 4.39 Å². The first-order valence-corrected chi connectivity index (χ1v) is 8.75. The maximum atomic E-state index is 13.1. The van der Waals surface area contributed by atoms with Crippen LogP contribution in [0.1, 0.15) is 63.5 Å². The molecule has 3 rings (SSSR count). The van der Waals surface area contributed by atoms with Crippen molar-refractivity contribution in [3.8, 4) is 0 Å². The summed E-state index contributed by atoms with van der Waals surface area (Å²) in [6, 6.07) is 7.55. The van der Waals surface area contributed by atoms with Crippen LogP contribution in [0.3, 0.4) is 0 Å². The molecule has 1 unspecified atom stereocenters. The first-order valence-electron chi connectivity index (χ1n) is 8.75. The van der Waals surface area contributed by atoms with Gasteiger partial charge in [0.25, 0.3) is 0 Å². The second-order valence-corrected chi connectivity index (χ2v) is 7.07. The summed E-state index contributed by atoms with van der Waals surface area (Å²) in [6.45, 7) is 3.45. The average molecular weight is 289 g/mol. The summed E-state index contributed by atoms with van der Waals surface area (Å²) in [6.07, 6.45) is 9.56. The van der Waals surface area contributed by atoms with Crippen LogP contribution < -0.4 is 5.32 Å². The number of rotatable bonds is 6. The summed E-state index contributed by atoms with van der Waals surface area (Å²) in [5.74, 6) is 2.45. The molecule has 0 bridgehead atoms. The summed E-state index contributed by atoms with van der Waals surface area (Å²) in [5, 5.41) is 3.80. The van der Waals surface area contributed by atoms with E-state index in [0.717, 1.165) is 24.3 Å². The topological polar surface area (TPSA) is 12.0 Å². The molecular formula is C19H28FN. The van der Waals surface area contributed by atoms with Crippen molar-refractivity contribution in [2.24, 2.45) is 17.8 Å². The third-order valence-electron chi connectivity index (χ3n) is 5.49. The largest absolute Gasteiger partial charge is 0.309 e. The van der Waals surface area contributed by atoms with Crippen molar-refractivity contribution in [3.63, 3.8) is 0 Å². The standard InChI is InChI=1S/C19H28FN/c1-2-14-3-5-15(6-4-14)13-21-19(16-7-8-16)17-9-11-18(20)12-10-17/h9-12,14-16,19,21H,2-8,13H2,1H3. The zero-order chi connectivity index (χ0) is 14.7. The Morgan fingerprint density at radius 1 is 1.00 bits per heavy atom. The molecule has 0 amide bonds. The van der Waals surface area contributed by atoms with Crippen molar-refractivity contribution >= 4 is 0 Å². The Hall–Kier alpha value is -0.890. The van der Waals surface area contributed by atoms with Crippen LogP contribution in [0.25, 0.3) is 0 Å². The molecular weight excluding hydrogens is 261 g/mol. The molecule has 1 atom stereocenters. The van der Waals surface area contributed by atoms with Gasteiger partial charge in [0.1, 0.15) is 5.82 Å². The van der Waals surface area contributed by atoms with Gasteiger partial charge in [0.2, 0.25) is 0 Å². The molecule has 0 saturated heterocycles. The van der Waals surface area contributed by atoms with E-state index in [-0.39, 0.29) is 5.82 Å². The highest BCUT2D eigenvalue weighted by Gasteiger charge is 2.32. The van der Waals surface area contributed by atoms with Crippen LogP contribution in [0, 0.1) is 23.6 Å². The first-order chi connectivity index (χ1) is 10.3. The van der Waals surface area contributed by atoms with Crippen LogP contribution in [0.15, 0.2) is 24.3 Å². The minimum Gasteiger partial charge on any atom is -0.309 e. The quantitative estimate of drug-likeness (QED) is 0.769. The fourth-order valence-electron chi connectivity index (χ4n) is 3.79. The Balaban J connectivity index is 1.53. The van der Waals surface area contributed by atoms with Crippen molar-refractivity contribution in [1.29, 1.82) is 0 Å². The molecule has 2 aliphatic carbocycles. The number of benzene rings is 1. The van der Waals surface area contributed by atoms with Crippen LogP contribution in [-0.4, -0.2) is 6.54 Å². The van der Waals surface area contributed by atoms with Crippen LogP contribution in [0.5, 0.6) is 0 Å². The number of nitrogens with one attached hydrogen (secondary N) is 1. The molecule has 2 heteroatoms. The fourth-order valence-corrected chi connectivity index (χ4v) is 3.79. The molecule has 2 saturated carbocycles. The van der Waals surface area contributed by atoms with Gasteiger partial charge in [-0.1, -0.05) is 38.3 Å². The lowest BCUT2D eigenvalue weighted by atomic mass is 9.80. The van der Waals surface area contributed by atoms with E-state index in [4.69, 9.17) is 0 Å². The predicted octanol–water partition coefficient (Wildman–Crippen LogP) is 5.08. The summed E-state index contributed by atoms with van der Waals surface area (Å²) in [4.78, 5) is 0. The van der Waals surface area contributed by atoms with Gasteiger partial charge in [-0.25, -0.2) is 4.39 Å². The van der Waals surface area contributed by atoms with Gasteiger partial charge in [0, 0.05) is 6.04 Å². The molecule has 2 aliphatic rings. The van der Waals surface area contributed by atoms with E-state index in [1.807, 2.05) is 12.1 Å². The summed E-state index contributed by atoms with van der Waals surface area (Å²) in [7, 11) is 0. The van der Waals surface area contributed by atoms with Crippen molar-refractivity contribution < 1.29 is 4.39 Å². The Morgan fingerprint density at radius 3 is 2.19 bits per heavy atom. The van der Waals surface area contributed by atoms with E-state index in [0.29, 0.717) is 6.04 Å². The van der Waals surface area contributed by atoms with Gasteiger partial charge in [-0.2, -0.15) is 0 Å². The van der Waals surface area contributed by atoms with Crippen molar-refractivity contribution in [1.82, 2.24) is 5.32 Å². The summed E-state index contributed by atoms with van der Waals surface area (Å²) in [5.41, 5.74) is 1.26. The monoisotopic (exact) mass is 289 g/mol. The minimum absolute atomic E-state index is 0.133. The van der Waals surface area contributed by atoms with Crippen molar-refractivity contribution in [2.45, 2.75) is 57.9 Å². The maximum Gasteiger partial charge on any atom is 0.123 e. The van der Waals surface area contributed by atoms with Gasteiger partial charge in [-0.05, 0) is 67.7 Å². The zero-order valence-corrected chi connectivity index (χ0v) is 13.2. The molecule has 0 heterocycles. The van der Waals surface area contributed by atoms with E-state index >= 15 is 0 Å². The first kappa shape index (κ1) is 15.0. The van der Waals surface area contributed by atoms with Crippen LogP contribution in [-0.2, 0) is 0 Å². The van der Waals surface area contributed by atoms with Gasteiger partial charge in [-0.15, -0.1) is 0 Å². The smallest absolute Gasteiger partial charge is 0.123 e. The second kappa shape index (κ2) is 6.91. The van der Waals surface area contributed by atoms with Gasteiger partial charge in [-0.3, -0.25) is 0 Å². The lowest BCUT2D eigenvalue weighted by molar-refractivity contribution is 0.254. The highest BCUT2D eigenvalue weighted by molar-refractivity contribution is 5.22. The van der Waals surface area contributed by atoms with Gasteiger partial charge in [0.05, 0.1) is 0 Å². The van der Waals surface area contributed by atoms with E-state index in [1.54, 1.807) is 12.1 Å². The Labute approximate surface area is 128 Å². The van der Waals surface area contributed by atoms with Gasteiger partial charge < -0.3 is 5.32 Å². The normalized spacial score (nSPS) is 27.5. The van der Waals surface area contributed by atoms with E-state index in [1.165, 1.54) is 50.5 Å². The highest BCUT2D eigenvalue weighted by atomic mass is 19.1. The summed E-state index contributed by atoms with van der Waals surface area (Å²) < 4.78 is 13.1. The van der Waals surface area contributed by atoms with E-state index < -0.39 is 0 Å². The highest BCUT2D eigenvalue weighted by Crippen LogP contribution is 2.41. The molecule has 0 aliphatic heterocycles. The SMILES string of the molecule is CCC1CCC(CNC(c2ccc(F)cc2)C2CC2)CC1. The zero-order valence-electron chi connectivity index (χ0n) is 13.2. The number of hydrogen-bond acceptors (Lipinski definition) is 1. The average Bonchev–Trinajstić information content (AvgIpc) is 3.35. The van der Waals surface area contributed by atoms with Crippen molar-refractivity contribution in [2.75, 3.05) is 6.54 Å². The van der Waals surface area contributed by atoms with Gasteiger partial charge >= 0.3 is 0 Å². The van der Waals surface area contributed by atoms with Gasteiger partial charge in [0.15, 0.2) is 0 Å². The van der Waals surface area contributed by atoms with E-state index in [2.05, 4.69) is 12.2 Å². The molecule has 0 aromatic heterocycles. The van der Waals surface area contributed by atoms with E-state index in [9.17, 15) is 4.39 Å². The van der Waals surface area contributed by atoms with Crippen molar-refractivity contribution in [3.05, 3.63) is 35.6 Å². The molecule has 21 heavy (non-hydrogen) atoms. The van der Waals surface area contributed by atoms with Crippen LogP contribution in [0.2, 0.25) is 0 Å². The molecule has 0 spiro atoms. The third kappa shape index (κ3) is 4.06. The molecule has 2 fully saturated rings. The second-order valence-electron chi connectivity index (χ2n) is 7.07. The molecule has 1 aromatic rings. The molecule has 1 aromatic carbocycles. The molecule has 0 radical (unpaired) electrons. The number of hydrogen-bond donors (Lipinski definition) is 1. The number of halogens is 1. The Morgan fingerprint density at radius 2 is 1.62 bits per heavy atom.